The monoisotopic (exact) mass is 211 g/mol. The van der Waals surface area contributed by atoms with Crippen LogP contribution in [0.2, 0.25) is 0 Å². The molecule has 2 heterocycles. The van der Waals surface area contributed by atoms with Crippen molar-refractivity contribution in [3.05, 3.63) is 22.4 Å². The van der Waals surface area contributed by atoms with Gasteiger partial charge in [0, 0.05) is 18.6 Å². The van der Waals surface area contributed by atoms with Crippen molar-refractivity contribution in [1.29, 1.82) is 0 Å². The van der Waals surface area contributed by atoms with E-state index in [4.69, 9.17) is 10.5 Å². The van der Waals surface area contributed by atoms with Gasteiger partial charge in [-0.25, -0.2) is 0 Å². The smallest absolute Gasteiger partial charge is 0.0535 e. The molecule has 0 saturated carbocycles. The van der Waals surface area contributed by atoms with Crippen LogP contribution in [0.15, 0.2) is 16.8 Å². The van der Waals surface area contributed by atoms with E-state index in [-0.39, 0.29) is 5.41 Å². The Morgan fingerprint density at radius 3 is 3.07 bits per heavy atom. The van der Waals surface area contributed by atoms with Crippen LogP contribution in [-0.4, -0.2) is 19.8 Å². The Labute approximate surface area is 89.1 Å². The minimum absolute atomic E-state index is 0.266. The van der Waals surface area contributed by atoms with Gasteiger partial charge in [-0.3, -0.25) is 0 Å². The molecule has 78 valence electrons. The molecular formula is C11H17NOS. The third-order valence-electron chi connectivity index (χ3n) is 3.14. The van der Waals surface area contributed by atoms with E-state index in [1.54, 1.807) is 11.3 Å². The first-order chi connectivity index (χ1) is 6.85. The zero-order chi connectivity index (χ0) is 9.86. The van der Waals surface area contributed by atoms with E-state index >= 15 is 0 Å². The molecule has 1 aliphatic rings. The molecule has 2 N–H and O–H groups in total. The highest BCUT2D eigenvalue weighted by atomic mass is 32.1. The average molecular weight is 211 g/mol. The van der Waals surface area contributed by atoms with E-state index in [9.17, 15) is 0 Å². The van der Waals surface area contributed by atoms with Crippen LogP contribution in [0.4, 0.5) is 0 Å². The summed E-state index contributed by atoms with van der Waals surface area (Å²) >= 11 is 1.77. The molecule has 1 atom stereocenters. The lowest BCUT2D eigenvalue weighted by atomic mass is 9.82. The minimum atomic E-state index is 0.266. The molecule has 1 aliphatic heterocycles. The lowest BCUT2D eigenvalue weighted by Crippen LogP contribution is -2.31. The van der Waals surface area contributed by atoms with Crippen LogP contribution in [0.25, 0.3) is 0 Å². The Balaban J connectivity index is 1.89. The van der Waals surface area contributed by atoms with Gasteiger partial charge >= 0.3 is 0 Å². The van der Waals surface area contributed by atoms with Crippen LogP contribution >= 0.6 is 11.3 Å². The predicted octanol–water partition coefficient (Wildman–Crippen LogP) is 2.05. The maximum Gasteiger partial charge on any atom is 0.0535 e. The molecule has 0 bridgehead atoms. The fourth-order valence-corrected chi connectivity index (χ4v) is 2.66. The molecule has 0 radical (unpaired) electrons. The van der Waals surface area contributed by atoms with Gasteiger partial charge in [0.2, 0.25) is 0 Å². The zero-order valence-corrected chi connectivity index (χ0v) is 9.19. The summed E-state index contributed by atoms with van der Waals surface area (Å²) in [7, 11) is 0. The SMILES string of the molecule is NCC1(CCc2ccsc2)CCOC1. The molecule has 0 spiro atoms. The average Bonchev–Trinajstić information content (AvgIpc) is 2.87. The molecule has 1 fully saturated rings. The lowest BCUT2D eigenvalue weighted by molar-refractivity contribution is 0.150. The van der Waals surface area contributed by atoms with Crippen molar-refractivity contribution in [2.75, 3.05) is 19.8 Å². The van der Waals surface area contributed by atoms with E-state index in [1.165, 1.54) is 12.0 Å². The number of aryl methyl sites for hydroxylation is 1. The third kappa shape index (κ3) is 2.16. The number of rotatable bonds is 4. The number of thiophene rings is 1. The van der Waals surface area contributed by atoms with Crippen LogP contribution in [0.3, 0.4) is 0 Å². The summed E-state index contributed by atoms with van der Waals surface area (Å²) in [6, 6.07) is 2.20. The summed E-state index contributed by atoms with van der Waals surface area (Å²) in [5.41, 5.74) is 7.54. The van der Waals surface area contributed by atoms with Gasteiger partial charge in [0.1, 0.15) is 0 Å². The third-order valence-corrected chi connectivity index (χ3v) is 3.87. The number of hydrogen-bond donors (Lipinski definition) is 1. The molecule has 0 amide bonds. The maximum atomic E-state index is 5.83. The van der Waals surface area contributed by atoms with E-state index in [2.05, 4.69) is 16.8 Å². The summed E-state index contributed by atoms with van der Waals surface area (Å²) in [5.74, 6) is 0. The van der Waals surface area contributed by atoms with E-state index in [0.29, 0.717) is 0 Å². The van der Waals surface area contributed by atoms with E-state index in [1.807, 2.05) is 0 Å². The van der Waals surface area contributed by atoms with Crippen molar-refractivity contribution >= 4 is 11.3 Å². The minimum Gasteiger partial charge on any atom is -0.381 e. The van der Waals surface area contributed by atoms with Crippen molar-refractivity contribution in [3.8, 4) is 0 Å². The molecule has 1 aromatic heterocycles. The summed E-state index contributed by atoms with van der Waals surface area (Å²) in [5, 5.41) is 4.36. The summed E-state index contributed by atoms with van der Waals surface area (Å²) in [4.78, 5) is 0. The van der Waals surface area contributed by atoms with Crippen LogP contribution in [-0.2, 0) is 11.2 Å². The van der Waals surface area contributed by atoms with Crippen LogP contribution in [0.1, 0.15) is 18.4 Å². The van der Waals surface area contributed by atoms with Crippen molar-refractivity contribution < 1.29 is 4.74 Å². The molecule has 0 aliphatic carbocycles. The Bertz CT molecular complexity index is 265. The zero-order valence-electron chi connectivity index (χ0n) is 8.37. The van der Waals surface area contributed by atoms with Crippen LogP contribution in [0, 0.1) is 5.41 Å². The second-order valence-corrected chi connectivity index (χ2v) is 4.92. The first-order valence-electron chi connectivity index (χ1n) is 5.14. The molecule has 14 heavy (non-hydrogen) atoms. The van der Waals surface area contributed by atoms with Crippen molar-refractivity contribution in [3.63, 3.8) is 0 Å². The summed E-state index contributed by atoms with van der Waals surface area (Å²) < 4.78 is 5.44. The first-order valence-corrected chi connectivity index (χ1v) is 6.08. The van der Waals surface area contributed by atoms with Crippen molar-refractivity contribution in [1.82, 2.24) is 0 Å². The van der Waals surface area contributed by atoms with Gasteiger partial charge in [0.15, 0.2) is 0 Å². The van der Waals surface area contributed by atoms with Crippen molar-refractivity contribution in [2.24, 2.45) is 11.1 Å². The van der Waals surface area contributed by atoms with Gasteiger partial charge < -0.3 is 10.5 Å². The van der Waals surface area contributed by atoms with Gasteiger partial charge in [-0.2, -0.15) is 11.3 Å². The molecule has 2 nitrogen and oxygen atoms in total. The molecule has 1 saturated heterocycles. The van der Waals surface area contributed by atoms with Crippen LogP contribution in [0.5, 0.6) is 0 Å². The highest BCUT2D eigenvalue weighted by Gasteiger charge is 2.32. The summed E-state index contributed by atoms with van der Waals surface area (Å²) in [6.07, 6.45) is 3.44. The number of nitrogens with two attached hydrogens (primary N) is 1. The van der Waals surface area contributed by atoms with Crippen LogP contribution < -0.4 is 5.73 Å². The molecule has 3 heteroatoms. The normalized spacial score (nSPS) is 26.9. The topological polar surface area (TPSA) is 35.2 Å². The molecular weight excluding hydrogens is 194 g/mol. The fourth-order valence-electron chi connectivity index (χ4n) is 1.95. The largest absolute Gasteiger partial charge is 0.381 e. The lowest BCUT2D eigenvalue weighted by Gasteiger charge is -2.24. The fraction of sp³-hybridized carbons (Fsp3) is 0.636. The Hall–Kier alpha value is -0.380. The second kappa shape index (κ2) is 4.43. The van der Waals surface area contributed by atoms with Gasteiger partial charge in [0.25, 0.3) is 0 Å². The Kier molecular flexibility index (Phi) is 3.21. The molecule has 2 rings (SSSR count). The van der Waals surface area contributed by atoms with Gasteiger partial charge in [-0.05, 0) is 41.7 Å². The van der Waals surface area contributed by atoms with Gasteiger partial charge in [-0.15, -0.1) is 0 Å². The second-order valence-electron chi connectivity index (χ2n) is 4.14. The predicted molar refractivity (Wildman–Crippen MR) is 59.6 cm³/mol. The Morgan fingerprint density at radius 2 is 2.50 bits per heavy atom. The molecule has 1 aromatic rings. The maximum absolute atomic E-state index is 5.83. The summed E-state index contributed by atoms with van der Waals surface area (Å²) in [6.45, 7) is 2.51. The Morgan fingerprint density at radius 1 is 1.57 bits per heavy atom. The number of ether oxygens (including phenoxy) is 1. The first kappa shape index (κ1) is 10.1. The van der Waals surface area contributed by atoms with Gasteiger partial charge in [0.05, 0.1) is 6.61 Å². The van der Waals surface area contributed by atoms with E-state index in [0.717, 1.165) is 32.6 Å². The highest BCUT2D eigenvalue weighted by molar-refractivity contribution is 7.07. The van der Waals surface area contributed by atoms with Crippen molar-refractivity contribution in [2.45, 2.75) is 19.3 Å². The molecule has 0 aromatic carbocycles. The highest BCUT2D eigenvalue weighted by Crippen LogP contribution is 2.32. The quantitative estimate of drug-likeness (QED) is 0.827. The van der Waals surface area contributed by atoms with E-state index < -0.39 is 0 Å². The standard InChI is InChI=1S/C11H17NOS/c12-8-11(4-5-13-9-11)3-1-10-2-6-14-7-10/h2,6-7H,1,3-5,8-9,12H2. The van der Waals surface area contributed by atoms with Gasteiger partial charge in [-0.1, -0.05) is 0 Å². The molecule has 1 unspecified atom stereocenters. The number of hydrogen-bond acceptors (Lipinski definition) is 3.